The number of rotatable bonds is 5. The molecule has 1 nitrogen and oxygen atoms in total. The van der Waals surface area contributed by atoms with E-state index in [1.54, 1.807) is 0 Å². The summed E-state index contributed by atoms with van der Waals surface area (Å²) in [6.07, 6.45) is 0.991. The molecule has 3 rings (SSSR count). The highest BCUT2D eigenvalue weighted by Gasteiger charge is 2.44. The van der Waals surface area contributed by atoms with Crippen molar-refractivity contribution in [1.29, 1.82) is 0 Å². The Morgan fingerprint density at radius 2 is 0.833 bits per heavy atom. The van der Waals surface area contributed by atoms with Crippen molar-refractivity contribution in [2.75, 3.05) is 12.7 Å². The maximum Gasteiger partial charge on any atom is 0.113 e. The van der Waals surface area contributed by atoms with Crippen LogP contribution in [0.3, 0.4) is 0 Å². The van der Waals surface area contributed by atoms with Crippen molar-refractivity contribution < 1.29 is 0 Å². The molecule has 0 unspecified atom stereocenters. The zero-order chi connectivity index (χ0) is 15.3. The summed E-state index contributed by atoms with van der Waals surface area (Å²) in [4.78, 5) is 0. The molecule has 0 saturated heterocycles. The van der Waals surface area contributed by atoms with E-state index in [4.69, 9.17) is 5.73 Å². The van der Waals surface area contributed by atoms with Gasteiger partial charge in [0.2, 0.25) is 0 Å². The van der Waals surface area contributed by atoms with E-state index in [1.165, 1.54) is 15.9 Å². The first-order chi connectivity index (χ1) is 10.9. The Morgan fingerprint density at radius 3 is 1.08 bits per heavy atom. The second-order valence-electron chi connectivity index (χ2n) is 5.33. The Hall–Kier alpha value is -0.990. The molecular formula is C20H23Br2NP+. The molecular weight excluding hydrogens is 445 g/mol. The predicted molar refractivity (Wildman–Crippen MR) is 120 cm³/mol. The molecule has 0 saturated carbocycles. The first kappa shape index (κ1) is 21.1. The molecule has 0 heterocycles. The Labute approximate surface area is 166 Å². The summed E-state index contributed by atoms with van der Waals surface area (Å²) >= 11 is 0. The normalized spacial score (nSPS) is 10.4. The molecule has 0 aromatic heterocycles. The largest absolute Gasteiger partial charge is 0.327 e. The van der Waals surface area contributed by atoms with Crippen LogP contribution >= 0.6 is 41.2 Å². The summed E-state index contributed by atoms with van der Waals surface area (Å²) < 4.78 is 0. The van der Waals surface area contributed by atoms with Gasteiger partial charge in [-0.1, -0.05) is 54.6 Å². The molecule has 0 radical (unpaired) electrons. The molecule has 24 heavy (non-hydrogen) atoms. The van der Waals surface area contributed by atoms with Crippen LogP contribution in [0.1, 0.15) is 0 Å². The average Bonchev–Trinajstić information content (AvgIpc) is 2.62. The molecule has 3 aromatic rings. The summed E-state index contributed by atoms with van der Waals surface area (Å²) in [5.41, 5.74) is 6.05. The van der Waals surface area contributed by atoms with Crippen LogP contribution < -0.4 is 21.6 Å². The van der Waals surface area contributed by atoms with Gasteiger partial charge in [-0.25, -0.2) is 0 Å². The summed E-state index contributed by atoms with van der Waals surface area (Å²) in [5, 5.41) is 4.20. The minimum Gasteiger partial charge on any atom is -0.327 e. The van der Waals surface area contributed by atoms with Crippen LogP contribution in [0.15, 0.2) is 91.0 Å². The van der Waals surface area contributed by atoms with Gasteiger partial charge in [-0.05, 0) is 36.4 Å². The van der Waals surface area contributed by atoms with Crippen molar-refractivity contribution in [2.24, 2.45) is 5.73 Å². The Morgan fingerprint density at radius 1 is 0.542 bits per heavy atom. The zero-order valence-corrected chi connectivity index (χ0v) is 17.7. The summed E-state index contributed by atoms with van der Waals surface area (Å²) in [6, 6.07) is 32.5. The van der Waals surface area contributed by atoms with Gasteiger partial charge in [0.25, 0.3) is 0 Å². The summed E-state index contributed by atoms with van der Waals surface area (Å²) in [5.74, 6) is 0. The van der Waals surface area contributed by atoms with Gasteiger partial charge in [0, 0.05) is 6.54 Å². The first-order valence-corrected chi connectivity index (χ1v) is 9.60. The average molecular weight is 468 g/mol. The second-order valence-corrected chi connectivity index (χ2v) is 8.94. The molecule has 0 amide bonds. The smallest absolute Gasteiger partial charge is 0.113 e. The number of benzene rings is 3. The van der Waals surface area contributed by atoms with Crippen LogP contribution in [0.25, 0.3) is 0 Å². The lowest BCUT2D eigenvalue weighted by atomic mass is 10.4. The molecule has 0 fully saturated rings. The third-order valence-electron chi connectivity index (χ3n) is 4.06. The number of hydrogen-bond acceptors (Lipinski definition) is 1. The molecule has 0 spiro atoms. The van der Waals surface area contributed by atoms with E-state index in [1.807, 2.05) is 0 Å². The van der Waals surface area contributed by atoms with E-state index in [0.717, 1.165) is 6.16 Å². The van der Waals surface area contributed by atoms with Crippen molar-refractivity contribution in [1.82, 2.24) is 0 Å². The second kappa shape index (κ2) is 10.1. The third kappa shape index (κ3) is 4.15. The van der Waals surface area contributed by atoms with Crippen LogP contribution in [0.2, 0.25) is 0 Å². The molecule has 4 heteroatoms. The molecule has 0 bridgehead atoms. The molecule has 0 aliphatic carbocycles. The molecule has 2 N–H and O–H groups in total. The Kier molecular flexibility index (Phi) is 8.86. The van der Waals surface area contributed by atoms with Crippen molar-refractivity contribution in [3.8, 4) is 0 Å². The van der Waals surface area contributed by atoms with Crippen molar-refractivity contribution in [2.45, 2.75) is 0 Å². The van der Waals surface area contributed by atoms with Crippen LogP contribution in [-0.2, 0) is 0 Å². The quantitative estimate of drug-likeness (QED) is 0.562. The van der Waals surface area contributed by atoms with Crippen molar-refractivity contribution in [3.63, 3.8) is 0 Å². The van der Waals surface area contributed by atoms with Gasteiger partial charge in [0.1, 0.15) is 23.2 Å². The molecule has 126 valence electrons. The molecule has 0 aliphatic heterocycles. The number of hydrogen-bond donors (Lipinski definition) is 1. The van der Waals surface area contributed by atoms with Gasteiger partial charge in [-0.2, -0.15) is 0 Å². The van der Waals surface area contributed by atoms with Gasteiger partial charge in [-0.3, -0.25) is 0 Å². The van der Waals surface area contributed by atoms with Gasteiger partial charge in [0.15, 0.2) is 0 Å². The van der Waals surface area contributed by atoms with Crippen LogP contribution in [0.5, 0.6) is 0 Å². The Balaban J connectivity index is 0.00000144. The fraction of sp³-hybridized carbons (Fsp3) is 0.100. The van der Waals surface area contributed by atoms with Crippen LogP contribution in [0.4, 0.5) is 0 Å². The number of halogens is 2. The highest BCUT2D eigenvalue weighted by atomic mass is 79.9. The first-order valence-electron chi connectivity index (χ1n) is 7.63. The lowest BCUT2D eigenvalue weighted by Crippen LogP contribution is -2.35. The fourth-order valence-electron chi connectivity index (χ4n) is 3.08. The van der Waals surface area contributed by atoms with Gasteiger partial charge >= 0.3 is 0 Å². The van der Waals surface area contributed by atoms with Gasteiger partial charge in [-0.15, -0.1) is 34.0 Å². The fourth-order valence-corrected chi connectivity index (χ4v) is 7.18. The topological polar surface area (TPSA) is 26.0 Å². The van der Waals surface area contributed by atoms with Crippen LogP contribution in [0, 0.1) is 0 Å². The molecule has 3 aromatic carbocycles. The van der Waals surface area contributed by atoms with E-state index in [0.29, 0.717) is 6.54 Å². The lowest BCUT2D eigenvalue weighted by Gasteiger charge is -2.27. The minimum atomic E-state index is -1.68. The monoisotopic (exact) mass is 466 g/mol. The van der Waals surface area contributed by atoms with Gasteiger partial charge in [0.05, 0.1) is 6.16 Å². The SMILES string of the molecule is Br.Br.NCC[P+](c1ccccc1)(c1ccccc1)c1ccccc1. The summed E-state index contributed by atoms with van der Waals surface area (Å²) in [7, 11) is -1.68. The van der Waals surface area contributed by atoms with E-state index in [9.17, 15) is 0 Å². The lowest BCUT2D eigenvalue weighted by molar-refractivity contribution is 1.14. The third-order valence-corrected chi connectivity index (χ3v) is 8.52. The summed E-state index contributed by atoms with van der Waals surface area (Å²) in [6.45, 7) is 0.687. The van der Waals surface area contributed by atoms with Gasteiger partial charge < -0.3 is 5.73 Å². The molecule has 0 atom stereocenters. The van der Waals surface area contributed by atoms with Crippen molar-refractivity contribution >= 4 is 57.1 Å². The predicted octanol–water partition coefficient (Wildman–Crippen LogP) is 4.10. The number of nitrogens with two attached hydrogens (primary N) is 1. The van der Waals surface area contributed by atoms with E-state index < -0.39 is 7.26 Å². The maximum atomic E-state index is 6.05. The standard InChI is InChI=1S/C20H21NP.2BrH/c21-16-17-22(18-10-4-1-5-11-18,19-12-6-2-7-13-19)20-14-8-3-9-15-20;;/h1-15H,16-17,21H2;2*1H/q+1;;. The van der Waals surface area contributed by atoms with Crippen molar-refractivity contribution in [3.05, 3.63) is 91.0 Å². The maximum absolute atomic E-state index is 6.05. The zero-order valence-electron chi connectivity index (χ0n) is 13.4. The molecule has 0 aliphatic rings. The Bertz CT molecular complexity index is 609. The highest BCUT2D eigenvalue weighted by Crippen LogP contribution is 2.54. The van der Waals surface area contributed by atoms with E-state index in [-0.39, 0.29) is 34.0 Å². The van der Waals surface area contributed by atoms with E-state index in [2.05, 4.69) is 91.0 Å². The minimum absolute atomic E-state index is 0. The highest BCUT2D eigenvalue weighted by molar-refractivity contribution is 8.93. The van der Waals surface area contributed by atoms with Crippen LogP contribution in [-0.4, -0.2) is 12.7 Å². The van der Waals surface area contributed by atoms with E-state index >= 15 is 0 Å².